The Morgan fingerprint density at radius 2 is 1.94 bits per heavy atom. The van der Waals surface area contributed by atoms with E-state index in [1.165, 1.54) is 17.7 Å². The minimum Gasteiger partial charge on any atom is -0.383 e. The second kappa shape index (κ2) is 11.6. The Bertz CT molecular complexity index is 1220. The third-order valence-corrected chi connectivity index (χ3v) is 5.36. The highest BCUT2D eigenvalue weighted by Crippen LogP contribution is 2.22. The van der Waals surface area contributed by atoms with Crippen molar-refractivity contribution in [2.45, 2.75) is 33.2 Å². The molecule has 0 radical (unpaired) electrons. The molecular weight excluding hydrogens is 444 g/mol. The number of halogens is 2. The van der Waals surface area contributed by atoms with Crippen LogP contribution in [0.15, 0.2) is 35.1 Å². The third kappa shape index (κ3) is 5.93. The van der Waals surface area contributed by atoms with E-state index in [9.17, 15) is 18.4 Å². The molecule has 0 atom stereocenters. The van der Waals surface area contributed by atoms with Crippen LogP contribution in [0.1, 0.15) is 26.7 Å². The summed E-state index contributed by atoms with van der Waals surface area (Å²) in [5, 5.41) is 3.08. The molecule has 0 saturated carbocycles. The average Bonchev–Trinajstić information content (AvgIpc) is 2.82. The summed E-state index contributed by atoms with van der Waals surface area (Å²) < 4.78 is 33.6. The number of fused-ring (bicyclic) bond motifs is 1. The maximum atomic E-state index is 13.7. The number of pyridine rings is 1. The Morgan fingerprint density at radius 3 is 2.62 bits per heavy atom. The van der Waals surface area contributed by atoms with Gasteiger partial charge in [0, 0.05) is 39.2 Å². The molecule has 0 aliphatic heterocycles. The number of ether oxygens (including phenoxy) is 1. The summed E-state index contributed by atoms with van der Waals surface area (Å²) in [7, 11) is 1.53. The number of methoxy groups -OCH3 is 1. The van der Waals surface area contributed by atoms with Crippen LogP contribution >= 0.6 is 0 Å². The summed E-state index contributed by atoms with van der Waals surface area (Å²) in [6.07, 6.45) is 1.53. The minimum absolute atomic E-state index is 0.0236. The van der Waals surface area contributed by atoms with E-state index < -0.39 is 11.6 Å². The molecule has 0 bridgehead atoms. The lowest BCUT2D eigenvalue weighted by molar-refractivity contribution is -0.128. The predicted molar refractivity (Wildman–Crippen MR) is 127 cm³/mol. The molecule has 0 unspecified atom stereocenters. The molecule has 3 rings (SSSR count). The van der Waals surface area contributed by atoms with Gasteiger partial charge in [0.1, 0.15) is 5.52 Å². The van der Waals surface area contributed by atoms with Crippen LogP contribution in [0.2, 0.25) is 0 Å². The molecule has 0 aliphatic rings. The number of nitrogens with zero attached hydrogens (tertiary/aromatic N) is 4. The number of carbonyl (C=O) groups is 1. The Labute approximate surface area is 196 Å². The van der Waals surface area contributed by atoms with E-state index in [-0.39, 0.29) is 30.4 Å². The van der Waals surface area contributed by atoms with E-state index in [0.29, 0.717) is 48.5 Å². The van der Waals surface area contributed by atoms with Gasteiger partial charge in [-0.15, -0.1) is 0 Å². The van der Waals surface area contributed by atoms with Gasteiger partial charge in [0.2, 0.25) is 5.91 Å². The van der Waals surface area contributed by atoms with Crippen molar-refractivity contribution in [3.8, 4) is 11.3 Å². The molecule has 0 saturated heterocycles. The summed E-state index contributed by atoms with van der Waals surface area (Å²) in [4.78, 5) is 35.6. The van der Waals surface area contributed by atoms with Gasteiger partial charge in [-0.3, -0.25) is 14.2 Å². The first-order valence-corrected chi connectivity index (χ1v) is 11.2. The number of anilines is 1. The topological polar surface area (TPSA) is 89.3 Å². The molecule has 2 heterocycles. The van der Waals surface area contributed by atoms with Crippen LogP contribution in [0, 0.1) is 11.6 Å². The number of hydrogen-bond acceptors (Lipinski definition) is 6. The second-order valence-corrected chi connectivity index (χ2v) is 7.86. The number of hydrogen-bond donors (Lipinski definition) is 1. The first kappa shape index (κ1) is 25.2. The molecule has 2 aromatic heterocycles. The van der Waals surface area contributed by atoms with E-state index >= 15 is 0 Å². The first-order chi connectivity index (χ1) is 16.3. The van der Waals surface area contributed by atoms with Crippen molar-refractivity contribution in [2.75, 3.05) is 38.7 Å². The average molecular weight is 474 g/mol. The van der Waals surface area contributed by atoms with Gasteiger partial charge in [-0.25, -0.2) is 18.7 Å². The minimum atomic E-state index is -0.976. The van der Waals surface area contributed by atoms with Crippen molar-refractivity contribution in [3.63, 3.8) is 0 Å². The summed E-state index contributed by atoms with van der Waals surface area (Å²) in [5.41, 5.74) is 1.20. The molecule has 1 amide bonds. The fourth-order valence-corrected chi connectivity index (χ4v) is 3.61. The van der Waals surface area contributed by atoms with Crippen LogP contribution in [0.4, 0.5) is 14.6 Å². The van der Waals surface area contributed by atoms with Gasteiger partial charge in [0.25, 0.3) is 5.56 Å². The molecule has 0 spiro atoms. The SMILES string of the molecule is CCCN(CCCNc1nc2ccc(-c3ccc(F)c(F)c3)nc2n(CCOC)c1=O)C(C)=O. The number of nitrogens with one attached hydrogen (secondary N) is 1. The molecule has 182 valence electrons. The maximum absolute atomic E-state index is 13.7. The van der Waals surface area contributed by atoms with Crippen LogP contribution in [0.25, 0.3) is 22.4 Å². The Balaban J connectivity index is 1.89. The molecule has 1 aromatic carbocycles. The van der Waals surface area contributed by atoms with Crippen molar-refractivity contribution >= 4 is 22.9 Å². The lowest BCUT2D eigenvalue weighted by Crippen LogP contribution is -2.32. The molecule has 8 nitrogen and oxygen atoms in total. The third-order valence-electron chi connectivity index (χ3n) is 5.36. The molecular formula is C24H29F2N5O3. The summed E-state index contributed by atoms with van der Waals surface area (Å²) in [5.74, 6) is -1.72. The van der Waals surface area contributed by atoms with Gasteiger partial charge in [0.15, 0.2) is 23.1 Å². The normalized spacial score (nSPS) is 11.1. The fourth-order valence-electron chi connectivity index (χ4n) is 3.61. The highest BCUT2D eigenvalue weighted by atomic mass is 19.2. The fraction of sp³-hybridized carbons (Fsp3) is 0.417. The lowest BCUT2D eigenvalue weighted by atomic mass is 10.1. The van der Waals surface area contributed by atoms with Gasteiger partial charge in [-0.05, 0) is 43.2 Å². The van der Waals surface area contributed by atoms with Gasteiger partial charge >= 0.3 is 0 Å². The van der Waals surface area contributed by atoms with Gasteiger partial charge in [-0.1, -0.05) is 6.92 Å². The van der Waals surface area contributed by atoms with E-state index in [1.54, 1.807) is 24.0 Å². The van der Waals surface area contributed by atoms with Gasteiger partial charge < -0.3 is 15.0 Å². The zero-order valence-corrected chi connectivity index (χ0v) is 19.6. The number of aromatic nitrogens is 3. The molecule has 0 aliphatic carbocycles. The quantitative estimate of drug-likeness (QED) is 0.429. The lowest BCUT2D eigenvalue weighted by Gasteiger charge is -2.20. The number of carbonyl (C=O) groups excluding carboxylic acids is 1. The summed E-state index contributed by atoms with van der Waals surface area (Å²) in [6.45, 7) is 5.82. The second-order valence-electron chi connectivity index (χ2n) is 7.86. The van der Waals surface area contributed by atoms with E-state index in [2.05, 4.69) is 15.3 Å². The standard InChI is InChI=1S/C24H29F2N5O3/c1-4-11-30(16(2)32)12-5-10-27-22-24(33)31(13-14-34-3)23-21(28-22)9-8-20(29-23)17-6-7-18(25)19(26)15-17/h6-9,15H,4-5,10-14H2,1-3H3,(H,27,28). The highest BCUT2D eigenvalue weighted by Gasteiger charge is 2.15. The van der Waals surface area contributed by atoms with Crippen LogP contribution in [0.3, 0.4) is 0 Å². The molecule has 34 heavy (non-hydrogen) atoms. The van der Waals surface area contributed by atoms with E-state index in [0.717, 1.165) is 18.6 Å². The van der Waals surface area contributed by atoms with Crippen molar-refractivity contribution in [1.82, 2.24) is 19.4 Å². The highest BCUT2D eigenvalue weighted by molar-refractivity contribution is 5.76. The van der Waals surface area contributed by atoms with Gasteiger partial charge in [-0.2, -0.15) is 0 Å². The molecule has 0 fully saturated rings. The smallest absolute Gasteiger partial charge is 0.295 e. The van der Waals surface area contributed by atoms with Gasteiger partial charge in [0.05, 0.1) is 18.8 Å². The zero-order chi connectivity index (χ0) is 24.7. The first-order valence-electron chi connectivity index (χ1n) is 11.2. The van der Waals surface area contributed by atoms with Crippen LogP contribution in [-0.2, 0) is 16.1 Å². The monoisotopic (exact) mass is 473 g/mol. The Morgan fingerprint density at radius 1 is 1.15 bits per heavy atom. The van der Waals surface area contributed by atoms with Crippen molar-refractivity contribution in [3.05, 3.63) is 52.3 Å². The van der Waals surface area contributed by atoms with Crippen molar-refractivity contribution in [1.29, 1.82) is 0 Å². The summed E-state index contributed by atoms with van der Waals surface area (Å²) in [6, 6.07) is 6.86. The zero-order valence-electron chi connectivity index (χ0n) is 19.6. The number of amides is 1. The van der Waals surface area contributed by atoms with Crippen LogP contribution in [-0.4, -0.2) is 58.7 Å². The van der Waals surface area contributed by atoms with E-state index in [4.69, 9.17) is 4.74 Å². The maximum Gasteiger partial charge on any atom is 0.295 e. The molecule has 3 aromatic rings. The van der Waals surface area contributed by atoms with E-state index in [1.807, 2.05) is 6.92 Å². The Kier molecular flexibility index (Phi) is 8.64. The number of rotatable bonds is 11. The van der Waals surface area contributed by atoms with Crippen LogP contribution < -0.4 is 10.9 Å². The molecule has 1 N–H and O–H groups in total. The largest absolute Gasteiger partial charge is 0.383 e. The number of benzene rings is 1. The Hall–Kier alpha value is -3.40. The molecule has 10 heteroatoms. The van der Waals surface area contributed by atoms with Crippen molar-refractivity contribution < 1.29 is 18.3 Å². The van der Waals surface area contributed by atoms with Crippen LogP contribution in [0.5, 0.6) is 0 Å². The van der Waals surface area contributed by atoms with Crippen molar-refractivity contribution in [2.24, 2.45) is 0 Å². The summed E-state index contributed by atoms with van der Waals surface area (Å²) >= 11 is 0. The predicted octanol–water partition coefficient (Wildman–Crippen LogP) is 3.44.